The number of rotatable bonds is 3. The molecule has 0 radical (unpaired) electrons. The molecule has 0 fully saturated rings. The van der Waals surface area contributed by atoms with E-state index < -0.39 is 5.95 Å². The zero-order valence-corrected chi connectivity index (χ0v) is 9.68. The van der Waals surface area contributed by atoms with Gasteiger partial charge in [-0.3, -0.25) is 4.79 Å². The molecule has 2 aromatic rings. The molecule has 18 heavy (non-hydrogen) atoms. The van der Waals surface area contributed by atoms with Crippen molar-refractivity contribution in [2.45, 2.75) is 0 Å². The monoisotopic (exact) mass is 246 g/mol. The van der Waals surface area contributed by atoms with Gasteiger partial charge in [0.15, 0.2) is 0 Å². The lowest BCUT2D eigenvalue weighted by atomic mass is 10.2. The van der Waals surface area contributed by atoms with Crippen molar-refractivity contribution in [2.24, 2.45) is 0 Å². The van der Waals surface area contributed by atoms with Crippen molar-refractivity contribution in [3.8, 4) is 5.75 Å². The first-order chi connectivity index (χ1) is 8.69. The van der Waals surface area contributed by atoms with Gasteiger partial charge in [0.2, 0.25) is 5.95 Å². The highest BCUT2D eigenvalue weighted by Gasteiger charge is 2.07. The topological polar surface area (TPSA) is 51.2 Å². The average Bonchev–Trinajstić information content (AvgIpc) is 2.41. The molecule has 5 heteroatoms. The first kappa shape index (κ1) is 12.0. The normalized spacial score (nSPS) is 9.89. The van der Waals surface area contributed by atoms with Crippen molar-refractivity contribution in [2.75, 3.05) is 12.4 Å². The van der Waals surface area contributed by atoms with Gasteiger partial charge in [0.25, 0.3) is 5.91 Å². The molecule has 2 rings (SSSR count). The van der Waals surface area contributed by atoms with Gasteiger partial charge in [-0.15, -0.1) is 0 Å². The minimum Gasteiger partial charge on any atom is -0.497 e. The Kier molecular flexibility index (Phi) is 3.52. The smallest absolute Gasteiger partial charge is 0.255 e. The standard InChI is InChI=1S/C13H11FN2O2/c1-18-11-4-2-3-9(7-11)13(17)16-10-5-6-12(14)15-8-10/h2-8H,1H3,(H,16,17). The summed E-state index contributed by atoms with van der Waals surface area (Å²) in [7, 11) is 1.53. The number of ether oxygens (including phenoxy) is 1. The minimum atomic E-state index is -0.589. The largest absolute Gasteiger partial charge is 0.497 e. The van der Waals surface area contributed by atoms with Crippen LogP contribution in [0.1, 0.15) is 10.4 Å². The summed E-state index contributed by atoms with van der Waals surface area (Å²) in [4.78, 5) is 15.3. The van der Waals surface area contributed by atoms with Crippen LogP contribution in [0.2, 0.25) is 0 Å². The summed E-state index contributed by atoms with van der Waals surface area (Å²) in [6.45, 7) is 0. The number of aromatic nitrogens is 1. The van der Waals surface area contributed by atoms with E-state index >= 15 is 0 Å². The highest BCUT2D eigenvalue weighted by atomic mass is 19.1. The van der Waals surface area contributed by atoms with Crippen molar-refractivity contribution in [1.82, 2.24) is 4.98 Å². The lowest BCUT2D eigenvalue weighted by molar-refractivity contribution is 0.102. The zero-order valence-electron chi connectivity index (χ0n) is 9.68. The first-order valence-electron chi connectivity index (χ1n) is 5.26. The van der Waals surface area contributed by atoms with Crippen LogP contribution in [-0.2, 0) is 0 Å². The van der Waals surface area contributed by atoms with Gasteiger partial charge in [0.1, 0.15) is 5.75 Å². The van der Waals surface area contributed by atoms with E-state index in [1.807, 2.05) is 0 Å². The van der Waals surface area contributed by atoms with Crippen molar-refractivity contribution in [1.29, 1.82) is 0 Å². The van der Waals surface area contributed by atoms with Crippen LogP contribution in [0, 0.1) is 5.95 Å². The summed E-state index contributed by atoms with van der Waals surface area (Å²) in [6.07, 6.45) is 1.26. The molecule has 4 nitrogen and oxygen atoms in total. The molecule has 0 unspecified atom stereocenters. The molecule has 0 saturated carbocycles. The van der Waals surface area contributed by atoms with Crippen molar-refractivity contribution in [3.63, 3.8) is 0 Å². The molecule has 0 aliphatic rings. The number of carbonyl (C=O) groups excluding carboxylic acids is 1. The number of hydrogen-bond acceptors (Lipinski definition) is 3. The summed E-state index contributed by atoms with van der Waals surface area (Å²) >= 11 is 0. The molecule has 1 aromatic carbocycles. The molecule has 0 spiro atoms. The molecule has 1 N–H and O–H groups in total. The number of methoxy groups -OCH3 is 1. The second-order valence-corrected chi connectivity index (χ2v) is 3.56. The second-order valence-electron chi connectivity index (χ2n) is 3.56. The summed E-state index contributed by atoms with van der Waals surface area (Å²) in [5.41, 5.74) is 0.892. The minimum absolute atomic E-state index is 0.303. The van der Waals surface area contributed by atoms with Crippen LogP contribution < -0.4 is 10.1 Å². The van der Waals surface area contributed by atoms with E-state index in [9.17, 15) is 9.18 Å². The van der Waals surface area contributed by atoms with E-state index in [1.54, 1.807) is 24.3 Å². The van der Waals surface area contributed by atoms with E-state index in [0.717, 1.165) is 0 Å². The Morgan fingerprint density at radius 3 is 2.83 bits per heavy atom. The maximum absolute atomic E-state index is 12.6. The molecule has 0 aliphatic carbocycles. The highest BCUT2D eigenvalue weighted by Crippen LogP contribution is 2.14. The molecular weight excluding hydrogens is 235 g/mol. The molecule has 0 saturated heterocycles. The van der Waals surface area contributed by atoms with E-state index in [2.05, 4.69) is 10.3 Å². The number of nitrogens with one attached hydrogen (secondary N) is 1. The second kappa shape index (κ2) is 5.27. The van der Waals surface area contributed by atoms with Crippen molar-refractivity contribution in [3.05, 3.63) is 54.1 Å². The number of carbonyl (C=O) groups is 1. The highest BCUT2D eigenvalue weighted by molar-refractivity contribution is 6.04. The van der Waals surface area contributed by atoms with Crippen LogP contribution >= 0.6 is 0 Å². The van der Waals surface area contributed by atoms with E-state index in [4.69, 9.17) is 4.74 Å². The number of hydrogen-bond donors (Lipinski definition) is 1. The predicted octanol–water partition coefficient (Wildman–Crippen LogP) is 2.48. The Balaban J connectivity index is 2.14. The summed E-state index contributed by atoms with van der Waals surface area (Å²) in [5, 5.41) is 2.61. The molecule has 0 bridgehead atoms. The van der Waals surface area contributed by atoms with Gasteiger partial charge in [0.05, 0.1) is 19.0 Å². The van der Waals surface area contributed by atoms with Gasteiger partial charge in [-0.05, 0) is 30.3 Å². The average molecular weight is 246 g/mol. The zero-order chi connectivity index (χ0) is 13.0. The fourth-order valence-corrected chi connectivity index (χ4v) is 1.42. The summed E-state index contributed by atoms with van der Waals surface area (Å²) < 4.78 is 17.6. The molecule has 0 aliphatic heterocycles. The molecule has 1 amide bonds. The molecule has 1 heterocycles. The van der Waals surface area contributed by atoms with Gasteiger partial charge >= 0.3 is 0 Å². The first-order valence-corrected chi connectivity index (χ1v) is 5.26. The number of benzene rings is 1. The lowest BCUT2D eigenvalue weighted by Gasteiger charge is -2.06. The number of nitrogens with zero attached hydrogens (tertiary/aromatic N) is 1. The van der Waals surface area contributed by atoms with Crippen molar-refractivity contribution >= 4 is 11.6 Å². The summed E-state index contributed by atoms with van der Waals surface area (Å²) in [6, 6.07) is 9.37. The summed E-state index contributed by atoms with van der Waals surface area (Å²) in [5.74, 6) is -0.295. The predicted molar refractivity (Wildman–Crippen MR) is 65.1 cm³/mol. The third-order valence-electron chi connectivity index (χ3n) is 2.32. The Morgan fingerprint density at radius 1 is 1.33 bits per heavy atom. The fourth-order valence-electron chi connectivity index (χ4n) is 1.42. The van der Waals surface area contributed by atoms with Gasteiger partial charge in [-0.2, -0.15) is 4.39 Å². The van der Waals surface area contributed by atoms with Crippen LogP contribution in [0.4, 0.5) is 10.1 Å². The third-order valence-corrected chi connectivity index (χ3v) is 2.32. The van der Waals surface area contributed by atoms with E-state index in [1.165, 1.54) is 25.4 Å². The Labute approximate surface area is 103 Å². The van der Waals surface area contributed by atoms with E-state index in [0.29, 0.717) is 17.0 Å². The number of halogens is 1. The number of pyridine rings is 1. The third kappa shape index (κ3) is 2.82. The van der Waals surface area contributed by atoms with Crippen LogP contribution in [-0.4, -0.2) is 18.0 Å². The van der Waals surface area contributed by atoms with Gasteiger partial charge in [-0.1, -0.05) is 6.07 Å². The quantitative estimate of drug-likeness (QED) is 0.846. The van der Waals surface area contributed by atoms with Gasteiger partial charge in [0, 0.05) is 5.56 Å². The Morgan fingerprint density at radius 2 is 2.17 bits per heavy atom. The molecule has 92 valence electrons. The van der Waals surface area contributed by atoms with E-state index in [-0.39, 0.29) is 5.91 Å². The Hall–Kier alpha value is -2.43. The Bertz CT molecular complexity index is 555. The molecular formula is C13H11FN2O2. The molecule has 0 atom stereocenters. The number of anilines is 1. The molecule has 1 aromatic heterocycles. The number of amides is 1. The van der Waals surface area contributed by atoms with Gasteiger partial charge in [-0.25, -0.2) is 4.98 Å². The van der Waals surface area contributed by atoms with Crippen molar-refractivity contribution < 1.29 is 13.9 Å². The van der Waals surface area contributed by atoms with Gasteiger partial charge < -0.3 is 10.1 Å². The maximum Gasteiger partial charge on any atom is 0.255 e. The van der Waals surface area contributed by atoms with Crippen LogP contribution in [0.15, 0.2) is 42.6 Å². The fraction of sp³-hybridized carbons (Fsp3) is 0.0769. The lowest BCUT2D eigenvalue weighted by Crippen LogP contribution is -2.12. The SMILES string of the molecule is COc1cccc(C(=O)Nc2ccc(F)nc2)c1. The van der Waals surface area contributed by atoms with Crippen LogP contribution in [0.3, 0.4) is 0 Å². The maximum atomic E-state index is 12.6. The van der Waals surface area contributed by atoms with Crippen LogP contribution in [0.5, 0.6) is 5.75 Å². The van der Waals surface area contributed by atoms with Crippen LogP contribution in [0.25, 0.3) is 0 Å².